The first kappa shape index (κ1) is 19.0. The predicted octanol–water partition coefficient (Wildman–Crippen LogP) is 5.95. The summed E-state index contributed by atoms with van der Waals surface area (Å²) in [6.45, 7) is 6.45. The van der Waals surface area contributed by atoms with Gasteiger partial charge in [0.25, 0.3) is 5.91 Å². The first-order valence-corrected chi connectivity index (χ1v) is 10.6. The molecule has 2 aromatic carbocycles. The number of carbonyl (C=O) groups excluding carboxylic acids is 1. The number of thioether (sulfide) groups is 1. The standard InChI is InChI=1S/C23H29NOS/c1-4-21(19-14-13-17-9-5-6-10-18(17)15-19)24-23(25)20-11-7-8-12-22(20)26-16(2)3/h7-8,11-16,21H,4-6,9-10H2,1-3H3,(H,24,25)/t21-/m0/s1. The Morgan fingerprint density at radius 2 is 1.81 bits per heavy atom. The smallest absolute Gasteiger partial charge is 0.252 e. The Kier molecular flexibility index (Phi) is 6.42. The van der Waals surface area contributed by atoms with Gasteiger partial charge >= 0.3 is 0 Å². The highest BCUT2D eigenvalue weighted by Gasteiger charge is 2.19. The molecule has 0 aromatic heterocycles. The summed E-state index contributed by atoms with van der Waals surface area (Å²) >= 11 is 1.74. The lowest BCUT2D eigenvalue weighted by molar-refractivity contribution is 0.0932. The third-order valence-electron chi connectivity index (χ3n) is 4.98. The van der Waals surface area contributed by atoms with Gasteiger partial charge in [-0.1, -0.05) is 51.1 Å². The minimum atomic E-state index is 0.0262. The summed E-state index contributed by atoms with van der Waals surface area (Å²) < 4.78 is 0. The first-order valence-electron chi connectivity index (χ1n) is 9.76. The molecule has 0 fully saturated rings. The van der Waals surface area contributed by atoms with Gasteiger partial charge in [0.1, 0.15) is 0 Å². The van der Waals surface area contributed by atoms with Crippen molar-refractivity contribution in [2.75, 3.05) is 0 Å². The monoisotopic (exact) mass is 367 g/mol. The Labute approximate surface area is 161 Å². The van der Waals surface area contributed by atoms with Gasteiger partial charge in [-0.05, 0) is 60.9 Å². The molecule has 0 saturated heterocycles. The Morgan fingerprint density at radius 3 is 2.54 bits per heavy atom. The molecule has 0 bridgehead atoms. The molecule has 0 unspecified atom stereocenters. The number of hydrogen-bond acceptors (Lipinski definition) is 2. The molecule has 0 spiro atoms. The van der Waals surface area contributed by atoms with E-state index < -0.39 is 0 Å². The van der Waals surface area contributed by atoms with Crippen molar-refractivity contribution >= 4 is 17.7 Å². The number of benzene rings is 2. The van der Waals surface area contributed by atoms with E-state index in [-0.39, 0.29) is 11.9 Å². The zero-order valence-corrected chi connectivity index (χ0v) is 16.9. The summed E-state index contributed by atoms with van der Waals surface area (Å²) in [5.41, 5.74) is 4.97. The molecular formula is C23H29NOS. The van der Waals surface area contributed by atoms with Crippen molar-refractivity contribution in [2.24, 2.45) is 0 Å². The van der Waals surface area contributed by atoms with Crippen LogP contribution in [0.5, 0.6) is 0 Å². The van der Waals surface area contributed by atoms with Gasteiger partial charge in [-0.25, -0.2) is 0 Å². The van der Waals surface area contributed by atoms with Crippen molar-refractivity contribution in [1.29, 1.82) is 0 Å². The minimum absolute atomic E-state index is 0.0262. The van der Waals surface area contributed by atoms with Crippen LogP contribution in [-0.2, 0) is 12.8 Å². The molecule has 1 atom stereocenters. The van der Waals surface area contributed by atoms with E-state index in [4.69, 9.17) is 0 Å². The lowest BCUT2D eigenvalue weighted by atomic mass is 9.88. The van der Waals surface area contributed by atoms with Gasteiger partial charge < -0.3 is 5.32 Å². The van der Waals surface area contributed by atoms with Crippen LogP contribution < -0.4 is 5.32 Å². The molecule has 26 heavy (non-hydrogen) atoms. The van der Waals surface area contributed by atoms with Gasteiger partial charge in [0.15, 0.2) is 0 Å². The molecule has 1 aliphatic carbocycles. The van der Waals surface area contributed by atoms with Crippen LogP contribution in [-0.4, -0.2) is 11.2 Å². The molecule has 2 nitrogen and oxygen atoms in total. The van der Waals surface area contributed by atoms with Crippen molar-refractivity contribution in [3.05, 3.63) is 64.7 Å². The lowest BCUT2D eigenvalue weighted by Gasteiger charge is -2.22. The topological polar surface area (TPSA) is 29.1 Å². The molecule has 2 aromatic rings. The summed E-state index contributed by atoms with van der Waals surface area (Å²) in [6, 6.07) is 14.8. The van der Waals surface area contributed by atoms with Crippen LogP contribution in [0.15, 0.2) is 47.4 Å². The third-order valence-corrected chi connectivity index (χ3v) is 6.06. The molecular weight excluding hydrogens is 338 g/mol. The normalized spacial score (nSPS) is 14.8. The van der Waals surface area contributed by atoms with Crippen LogP contribution in [0.4, 0.5) is 0 Å². The second-order valence-electron chi connectivity index (χ2n) is 7.33. The summed E-state index contributed by atoms with van der Waals surface area (Å²) in [6.07, 6.45) is 5.83. The van der Waals surface area contributed by atoms with E-state index in [1.807, 2.05) is 24.3 Å². The molecule has 1 amide bonds. The van der Waals surface area contributed by atoms with Crippen molar-refractivity contribution in [1.82, 2.24) is 5.32 Å². The zero-order chi connectivity index (χ0) is 18.5. The SMILES string of the molecule is CC[C@H](NC(=O)c1ccccc1SC(C)C)c1ccc2c(c1)CCCC2. The number of fused-ring (bicyclic) bond motifs is 1. The summed E-state index contributed by atoms with van der Waals surface area (Å²) in [4.78, 5) is 14.0. The van der Waals surface area contributed by atoms with E-state index in [9.17, 15) is 4.79 Å². The van der Waals surface area contributed by atoms with Gasteiger partial charge in [0.2, 0.25) is 0 Å². The Bertz CT molecular complexity index is 769. The zero-order valence-electron chi connectivity index (χ0n) is 16.0. The van der Waals surface area contributed by atoms with Crippen molar-refractivity contribution in [3.63, 3.8) is 0 Å². The van der Waals surface area contributed by atoms with Crippen LogP contribution in [0.1, 0.15) is 73.1 Å². The Hall–Kier alpha value is -1.74. The highest BCUT2D eigenvalue weighted by Crippen LogP contribution is 2.29. The van der Waals surface area contributed by atoms with Crippen LogP contribution in [0.25, 0.3) is 0 Å². The van der Waals surface area contributed by atoms with E-state index in [1.165, 1.54) is 42.4 Å². The van der Waals surface area contributed by atoms with E-state index in [0.717, 1.165) is 16.9 Å². The maximum atomic E-state index is 13.0. The van der Waals surface area contributed by atoms with E-state index in [1.54, 1.807) is 11.8 Å². The molecule has 1 aliphatic rings. The highest BCUT2D eigenvalue weighted by molar-refractivity contribution is 8.00. The number of hydrogen-bond donors (Lipinski definition) is 1. The number of amides is 1. The fourth-order valence-electron chi connectivity index (χ4n) is 3.64. The van der Waals surface area contributed by atoms with E-state index in [2.05, 4.69) is 44.3 Å². The van der Waals surface area contributed by atoms with Gasteiger partial charge in [0.05, 0.1) is 11.6 Å². The second-order valence-corrected chi connectivity index (χ2v) is 8.95. The maximum absolute atomic E-state index is 13.0. The quantitative estimate of drug-likeness (QED) is 0.640. The Morgan fingerprint density at radius 1 is 1.08 bits per heavy atom. The Balaban J connectivity index is 1.79. The largest absolute Gasteiger partial charge is 0.345 e. The second kappa shape index (κ2) is 8.77. The molecule has 3 rings (SSSR count). The molecule has 0 saturated carbocycles. The number of rotatable bonds is 6. The first-order chi connectivity index (χ1) is 12.6. The summed E-state index contributed by atoms with van der Waals surface area (Å²) in [7, 11) is 0. The van der Waals surface area contributed by atoms with Gasteiger partial charge in [-0.3, -0.25) is 4.79 Å². The molecule has 0 radical (unpaired) electrons. The molecule has 1 N–H and O–H groups in total. The summed E-state index contributed by atoms with van der Waals surface area (Å²) in [5.74, 6) is 0.0262. The highest BCUT2D eigenvalue weighted by atomic mass is 32.2. The number of carbonyl (C=O) groups is 1. The molecule has 138 valence electrons. The van der Waals surface area contributed by atoms with Crippen molar-refractivity contribution in [3.8, 4) is 0 Å². The van der Waals surface area contributed by atoms with Gasteiger partial charge in [-0.2, -0.15) is 0 Å². The average Bonchev–Trinajstić information content (AvgIpc) is 2.65. The minimum Gasteiger partial charge on any atom is -0.345 e. The van der Waals surface area contributed by atoms with Crippen LogP contribution >= 0.6 is 11.8 Å². The summed E-state index contributed by atoms with van der Waals surface area (Å²) in [5, 5.41) is 3.72. The molecule has 3 heteroatoms. The number of nitrogens with one attached hydrogen (secondary N) is 1. The van der Waals surface area contributed by atoms with Crippen molar-refractivity contribution in [2.45, 2.75) is 69.1 Å². The van der Waals surface area contributed by atoms with E-state index >= 15 is 0 Å². The van der Waals surface area contributed by atoms with Gasteiger partial charge in [-0.15, -0.1) is 11.8 Å². The molecule has 0 aliphatic heterocycles. The van der Waals surface area contributed by atoms with Crippen LogP contribution in [0, 0.1) is 0 Å². The van der Waals surface area contributed by atoms with Gasteiger partial charge in [0, 0.05) is 10.1 Å². The van der Waals surface area contributed by atoms with Crippen LogP contribution in [0.2, 0.25) is 0 Å². The average molecular weight is 368 g/mol. The fourth-order valence-corrected chi connectivity index (χ4v) is 4.59. The number of aryl methyl sites for hydroxylation is 2. The van der Waals surface area contributed by atoms with E-state index in [0.29, 0.717) is 5.25 Å². The molecule has 0 heterocycles. The fraction of sp³-hybridized carbons (Fsp3) is 0.435. The van der Waals surface area contributed by atoms with Crippen molar-refractivity contribution < 1.29 is 4.79 Å². The predicted molar refractivity (Wildman–Crippen MR) is 111 cm³/mol. The lowest BCUT2D eigenvalue weighted by Crippen LogP contribution is -2.28. The maximum Gasteiger partial charge on any atom is 0.252 e. The van der Waals surface area contributed by atoms with Crippen LogP contribution in [0.3, 0.4) is 0 Å². The third kappa shape index (κ3) is 4.50.